The van der Waals surface area contributed by atoms with Crippen LogP contribution in [0.5, 0.6) is 5.75 Å². The second-order valence-corrected chi connectivity index (χ2v) is 7.01. The fourth-order valence-corrected chi connectivity index (χ4v) is 3.13. The van der Waals surface area contributed by atoms with Gasteiger partial charge in [0.05, 0.1) is 17.2 Å². The van der Waals surface area contributed by atoms with E-state index in [9.17, 15) is 0 Å². The summed E-state index contributed by atoms with van der Waals surface area (Å²) in [5.41, 5.74) is 6.73. The van der Waals surface area contributed by atoms with E-state index in [0.29, 0.717) is 11.7 Å². The van der Waals surface area contributed by atoms with Crippen LogP contribution in [0.3, 0.4) is 0 Å². The number of aromatic nitrogens is 2. The van der Waals surface area contributed by atoms with Crippen molar-refractivity contribution in [3.05, 3.63) is 28.5 Å². The Morgan fingerprint density at radius 3 is 2.65 bits per heavy atom. The van der Waals surface area contributed by atoms with Crippen molar-refractivity contribution in [2.24, 2.45) is 5.73 Å². The molecule has 1 aliphatic carbocycles. The number of hydrogen-bond donors (Lipinski definition) is 1. The zero-order chi connectivity index (χ0) is 15.7. The molecule has 2 aromatic rings. The Bertz CT molecular complexity index is 669. The lowest BCUT2D eigenvalue weighted by Crippen LogP contribution is -2.34. The summed E-state index contributed by atoms with van der Waals surface area (Å²) in [6.45, 7) is 3.97. The summed E-state index contributed by atoms with van der Waals surface area (Å²) in [7, 11) is 0. The lowest BCUT2D eigenvalue weighted by molar-refractivity contribution is 0.242. The van der Waals surface area contributed by atoms with Crippen LogP contribution in [0.15, 0.2) is 27.2 Å². The predicted octanol–water partition coefficient (Wildman–Crippen LogP) is 4.44. The van der Waals surface area contributed by atoms with Crippen molar-refractivity contribution in [1.29, 1.82) is 0 Å². The number of hydrogen-bond acceptors (Lipinski definition) is 5. The molecular formula is C16H21BrClN3O2. The molecule has 0 bridgehead atoms. The van der Waals surface area contributed by atoms with Crippen molar-refractivity contribution in [2.45, 2.75) is 51.2 Å². The summed E-state index contributed by atoms with van der Waals surface area (Å²) in [5, 5.41) is 4.11. The molecule has 1 heterocycles. The molecule has 0 unspecified atom stereocenters. The maximum absolute atomic E-state index is 6.39. The minimum absolute atomic E-state index is 0. The van der Waals surface area contributed by atoms with Gasteiger partial charge >= 0.3 is 0 Å². The van der Waals surface area contributed by atoms with Gasteiger partial charge in [0.1, 0.15) is 5.75 Å². The van der Waals surface area contributed by atoms with Gasteiger partial charge in [-0.1, -0.05) is 33.9 Å². The quantitative estimate of drug-likeness (QED) is 0.818. The Balaban J connectivity index is 0.00000192. The highest BCUT2D eigenvalue weighted by atomic mass is 79.9. The van der Waals surface area contributed by atoms with Crippen molar-refractivity contribution in [1.82, 2.24) is 10.1 Å². The fraction of sp³-hybridized carbons (Fsp3) is 0.500. The Labute approximate surface area is 150 Å². The molecule has 1 fully saturated rings. The second-order valence-electron chi connectivity index (χ2n) is 6.09. The molecule has 0 radical (unpaired) electrons. The van der Waals surface area contributed by atoms with Gasteiger partial charge in [-0.3, -0.25) is 0 Å². The van der Waals surface area contributed by atoms with Crippen molar-refractivity contribution in [3.8, 4) is 17.2 Å². The van der Waals surface area contributed by atoms with E-state index >= 15 is 0 Å². The number of benzene rings is 1. The minimum atomic E-state index is -0.448. The minimum Gasteiger partial charge on any atom is -0.490 e. The zero-order valence-corrected chi connectivity index (χ0v) is 15.6. The fourth-order valence-electron chi connectivity index (χ4n) is 2.79. The molecule has 0 saturated heterocycles. The van der Waals surface area contributed by atoms with Gasteiger partial charge in [-0.05, 0) is 44.9 Å². The molecule has 2 N–H and O–H groups in total. The Morgan fingerprint density at radius 2 is 2.00 bits per heavy atom. The van der Waals surface area contributed by atoms with Gasteiger partial charge in [-0.25, -0.2) is 0 Å². The molecule has 7 heteroatoms. The molecule has 23 heavy (non-hydrogen) atoms. The monoisotopic (exact) mass is 401 g/mol. The average molecular weight is 403 g/mol. The molecule has 3 rings (SSSR count). The summed E-state index contributed by atoms with van der Waals surface area (Å²) in [6, 6.07) is 5.75. The number of nitrogens with two attached hydrogens (primary N) is 1. The van der Waals surface area contributed by atoms with Gasteiger partial charge in [-0.2, -0.15) is 4.98 Å². The van der Waals surface area contributed by atoms with E-state index in [-0.39, 0.29) is 18.5 Å². The first-order chi connectivity index (χ1) is 10.5. The molecule has 0 atom stereocenters. The SMILES string of the molecule is CC(C)Oc1cc(Br)ccc1-c1nc(C2(N)CCCC2)no1.Cl. The molecule has 1 aromatic heterocycles. The van der Waals surface area contributed by atoms with Crippen LogP contribution in [0.1, 0.15) is 45.4 Å². The molecule has 0 spiro atoms. The molecule has 5 nitrogen and oxygen atoms in total. The van der Waals surface area contributed by atoms with E-state index in [1.165, 1.54) is 0 Å². The molecule has 126 valence electrons. The van der Waals surface area contributed by atoms with E-state index in [1.54, 1.807) is 0 Å². The summed E-state index contributed by atoms with van der Waals surface area (Å²) < 4.78 is 12.2. The standard InChI is InChI=1S/C16H20BrN3O2.ClH/c1-10(2)21-13-9-11(17)5-6-12(13)14-19-15(20-22-14)16(18)7-3-4-8-16;/h5-6,9-10H,3-4,7-8,18H2,1-2H3;1H. The lowest BCUT2D eigenvalue weighted by atomic mass is 9.99. The Hall–Kier alpha value is -1.11. The summed E-state index contributed by atoms with van der Waals surface area (Å²) in [5.74, 6) is 1.77. The van der Waals surface area contributed by atoms with E-state index in [1.807, 2.05) is 32.0 Å². The number of ether oxygens (including phenoxy) is 1. The van der Waals surface area contributed by atoms with Crippen LogP contribution in [0, 0.1) is 0 Å². The topological polar surface area (TPSA) is 74.2 Å². The smallest absolute Gasteiger partial charge is 0.261 e. The van der Waals surface area contributed by atoms with Crippen molar-refractivity contribution in [3.63, 3.8) is 0 Å². The summed E-state index contributed by atoms with van der Waals surface area (Å²) in [4.78, 5) is 4.53. The molecule has 1 saturated carbocycles. The third kappa shape index (κ3) is 3.87. The maximum atomic E-state index is 6.39. The largest absolute Gasteiger partial charge is 0.490 e. The first-order valence-electron chi connectivity index (χ1n) is 7.57. The average Bonchev–Trinajstić information content (AvgIpc) is 3.08. The van der Waals surface area contributed by atoms with Crippen molar-refractivity contribution >= 4 is 28.3 Å². The summed E-state index contributed by atoms with van der Waals surface area (Å²) >= 11 is 3.46. The summed E-state index contributed by atoms with van der Waals surface area (Å²) in [6.07, 6.45) is 4.09. The zero-order valence-electron chi connectivity index (χ0n) is 13.2. The van der Waals surface area contributed by atoms with Gasteiger partial charge in [0.25, 0.3) is 5.89 Å². The highest BCUT2D eigenvalue weighted by Crippen LogP contribution is 2.37. The van der Waals surface area contributed by atoms with Crippen LogP contribution in [0.25, 0.3) is 11.5 Å². The van der Waals surface area contributed by atoms with Gasteiger partial charge in [0, 0.05) is 4.47 Å². The lowest BCUT2D eigenvalue weighted by Gasteiger charge is -2.17. The normalized spacial score (nSPS) is 16.4. The molecule has 1 aromatic carbocycles. The number of rotatable bonds is 4. The first-order valence-corrected chi connectivity index (χ1v) is 8.37. The van der Waals surface area contributed by atoms with Gasteiger partial charge in [0.15, 0.2) is 5.82 Å². The van der Waals surface area contributed by atoms with Crippen LogP contribution in [0.2, 0.25) is 0 Å². The maximum Gasteiger partial charge on any atom is 0.261 e. The highest BCUT2D eigenvalue weighted by Gasteiger charge is 2.36. The third-order valence-electron chi connectivity index (χ3n) is 3.90. The van der Waals surface area contributed by atoms with Crippen molar-refractivity contribution in [2.75, 3.05) is 0 Å². The molecule has 1 aliphatic rings. The number of halogens is 2. The predicted molar refractivity (Wildman–Crippen MR) is 94.8 cm³/mol. The van der Waals surface area contributed by atoms with E-state index in [2.05, 4.69) is 26.1 Å². The van der Waals surface area contributed by atoms with E-state index < -0.39 is 5.54 Å². The van der Waals surface area contributed by atoms with Gasteiger partial charge < -0.3 is 15.0 Å². The van der Waals surface area contributed by atoms with Crippen molar-refractivity contribution < 1.29 is 9.26 Å². The molecular weight excluding hydrogens is 382 g/mol. The highest BCUT2D eigenvalue weighted by molar-refractivity contribution is 9.10. The molecule has 0 amide bonds. The van der Waals surface area contributed by atoms with Crippen LogP contribution >= 0.6 is 28.3 Å². The molecule has 0 aliphatic heterocycles. The van der Waals surface area contributed by atoms with Crippen LogP contribution in [-0.4, -0.2) is 16.2 Å². The first kappa shape index (κ1) is 18.2. The Kier molecular flexibility index (Phi) is 5.70. The Morgan fingerprint density at radius 1 is 1.30 bits per heavy atom. The number of nitrogens with zero attached hydrogens (tertiary/aromatic N) is 2. The van der Waals surface area contributed by atoms with Crippen LogP contribution < -0.4 is 10.5 Å². The van der Waals surface area contributed by atoms with E-state index in [4.69, 9.17) is 15.0 Å². The second kappa shape index (κ2) is 7.20. The van der Waals surface area contributed by atoms with Gasteiger partial charge in [-0.15, -0.1) is 12.4 Å². The van der Waals surface area contributed by atoms with Crippen LogP contribution in [-0.2, 0) is 5.54 Å². The van der Waals surface area contributed by atoms with Crippen LogP contribution in [0.4, 0.5) is 0 Å². The van der Waals surface area contributed by atoms with Gasteiger partial charge in [0.2, 0.25) is 0 Å². The third-order valence-corrected chi connectivity index (χ3v) is 4.40. The van der Waals surface area contributed by atoms with E-state index in [0.717, 1.165) is 41.5 Å².